The SMILES string of the molecule is CCCCCOc1ccccc1C(=O)Nc1cccc(C(=O)NCC)c1. The molecule has 0 bridgehead atoms. The third kappa shape index (κ3) is 5.62. The summed E-state index contributed by atoms with van der Waals surface area (Å²) >= 11 is 0. The number of hydrogen-bond acceptors (Lipinski definition) is 3. The quantitative estimate of drug-likeness (QED) is 0.661. The second kappa shape index (κ2) is 10.2. The van der Waals surface area contributed by atoms with Crippen molar-refractivity contribution in [1.82, 2.24) is 5.32 Å². The van der Waals surface area contributed by atoms with E-state index < -0.39 is 0 Å². The van der Waals surface area contributed by atoms with Gasteiger partial charge in [0.1, 0.15) is 5.75 Å². The molecule has 0 saturated carbocycles. The number of unbranched alkanes of at least 4 members (excludes halogenated alkanes) is 2. The number of ether oxygens (including phenoxy) is 1. The van der Waals surface area contributed by atoms with Gasteiger partial charge in [-0.25, -0.2) is 0 Å². The highest BCUT2D eigenvalue weighted by molar-refractivity contribution is 6.06. The number of nitrogens with one attached hydrogen (secondary N) is 2. The van der Waals surface area contributed by atoms with Crippen molar-refractivity contribution in [3.8, 4) is 5.75 Å². The van der Waals surface area contributed by atoms with Gasteiger partial charge in [-0.05, 0) is 43.7 Å². The summed E-state index contributed by atoms with van der Waals surface area (Å²) in [6.07, 6.45) is 3.18. The third-order valence-corrected chi connectivity index (χ3v) is 3.86. The maximum Gasteiger partial charge on any atom is 0.259 e. The van der Waals surface area contributed by atoms with Gasteiger partial charge in [-0.3, -0.25) is 9.59 Å². The number of hydrogen-bond donors (Lipinski definition) is 2. The molecular formula is C21H26N2O3. The van der Waals surface area contributed by atoms with Crippen LogP contribution in [0, 0.1) is 0 Å². The van der Waals surface area contributed by atoms with Crippen LogP contribution in [0.2, 0.25) is 0 Å². The van der Waals surface area contributed by atoms with Crippen molar-refractivity contribution in [2.45, 2.75) is 33.1 Å². The molecule has 26 heavy (non-hydrogen) atoms. The van der Waals surface area contributed by atoms with Crippen molar-refractivity contribution in [3.63, 3.8) is 0 Å². The molecule has 0 saturated heterocycles. The fourth-order valence-electron chi connectivity index (χ4n) is 2.51. The van der Waals surface area contributed by atoms with Gasteiger partial charge < -0.3 is 15.4 Å². The third-order valence-electron chi connectivity index (χ3n) is 3.86. The van der Waals surface area contributed by atoms with Crippen LogP contribution in [0.15, 0.2) is 48.5 Å². The van der Waals surface area contributed by atoms with E-state index in [2.05, 4.69) is 17.6 Å². The minimum atomic E-state index is -0.260. The van der Waals surface area contributed by atoms with Gasteiger partial charge >= 0.3 is 0 Å². The van der Waals surface area contributed by atoms with Gasteiger partial charge in [-0.1, -0.05) is 38.0 Å². The van der Waals surface area contributed by atoms with Crippen LogP contribution in [0.5, 0.6) is 5.75 Å². The van der Waals surface area contributed by atoms with Crippen molar-refractivity contribution in [2.75, 3.05) is 18.5 Å². The maximum atomic E-state index is 12.6. The maximum absolute atomic E-state index is 12.6. The predicted octanol–water partition coefficient (Wildman–Crippen LogP) is 4.26. The van der Waals surface area contributed by atoms with E-state index in [1.54, 1.807) is 42.5 Å². The molecule has 2 aromatic rings. The number of benzene rings is 2. The molecule has 5 heteroatoms. The van der Waals surface area contributed by atoms with E-state index in [0.717, 1.165) is 19.3 Å². The van der Waals surface area contributed by atoms with Crippen LogP contribution >= 0.6 is 0 Å². The highest BCUT2D eigenvalue weighted by atomic mass is 16.5. The molecule has 5 nitrogen and oxygen atoms in total. The first-order valence-corrected chi connectivity index (χ1v) is 9.07. The summed E-state index contributed by atoms with van der Waals surface area (Å²) in [6, 6.07) is 14.1. The fourth-order valence-corrected chi connectivity index (χ4v) is 2.51. The summed E-state index contributed by atoms with van der Waals surface area (Å²) in [6.45, 7) is 5.14. The molecule has 2 aromatic carbocycles. The van der Waals surface area contributed by atoms with Crippen molar-refractivity contribution in [2.24, 2.45) is 0 Å². The molecule has 0 spiro atoms. The molecule has 2 N–H and O–H groups in total. The second-order valence-corrected chi connectivity index (χ2v) is 5.95. The van der Waals surface area contributed by atoms with Crippen molar-refractivity contribution in [3.05, 3.63) is 59.7 Å². The van der Waals surface area contributed by atoms with Gasteiger partial charge in [0.05, 0.1) is 12.2 Å². The number of para-hydroxylation sites is 1. The first-order chi connectivity index (χ1) is 12.7. The first kappa shape index (κ1) is 19.5. The number of carbonyl (C=O) groups excluding carboxylic acids is 2. The predicted molar refractivity (Wildman–Crippen MR) is 104 cm³/mol. The van der Waals surface area contributed by atoms with Gasteiger partial charge in [-0.2, -0.15) is 0 Å². The molecular weight excluding hydrogens is 328 g/mol. The molecule has 138 valence electrons. The van der Waals surface area contributed by atoms with E-state index in [1.807, 2.05) is 13.0 Å². The highest BCUT2D eigenvalue weighted by Crippen LogP contribution is 2.20. The fraction of sp³-hybridized carbons (Fsp3) is 0.333. The number of rotatable bonds is 9. The largest absolute Gasteiger partial charge is 0.493 e. The minimum Gasteiger partial charge on any atom is -0.493 e. The summed E-state index contributed by atoms with van der Waals surface area (Å²) in [5.74, 6) is 0.147. The molecule has 0 unspecified atom stereocenters. The Morgan fingerprint density at radius 3 is 2.54 bits per heavy atom. The number of carbonyl (C=O) groups is 2. The highest BCUT2D eigenvalue weighted by Gasteiger charge is 2.13. The molecule has 0 fully saturated rings. The van der Waals surface area contributed by atoms with E-state index in [1.165, 1.54) is 0 Å². The van der Waals surface area contributed by atoms with Crippen molar-refractivity contribution < 1.29 is 14.3 Å². The summed E-state index contributed by atoms with van der Waals surface area (Å²) in [4.78, 5) is 24.6. The Balaban J connectivity index is 2.08. The van der Waals surface area contributed by atoms with Crippen LogP contribution in [-0.4, -0.2) is 25.0 Å². The van der Waals surface area contributed by atoms with Gasteiger partial charge in [0.25, 0.3) is 11.8 Å². The van der Waals surface area contributed by atoms with E-state index in [-0.39, 0.29) is 11.8 Å². The van der Waals surface area contributed by atoms with Crippen LogP contribution in [-0.2, 0) is 0 Å². The van der Waals surface area contributed by atoms with Gasteiger partial charge in [0.2, 0.25) is 0 Å². The summed E-state index contributed by atoms with van der Waals surface area (Å²) < 4.78 is 5.77. The Labute approximate surface area is 154 Å². The van der Waals surface area contributed by atoms with Gasteiger partial charge in [0.15, 0.2) is 0 Å². The van der Waals surface area contributed by atoms with Crippen LogP contribution in [0.1, 0.15) is 53.8 Å². The zero-order chi connectivity index (χ0) is 18.8. The zero-order valence-corrected chi connectivity index (χ0v) is 15.4. The van der Waals surface area contributed by atoms with E-state index >= 15 is 0 Å². The Kier molecular flexibility index (Phi) is 7.68. The van der Waals surface area contributed by atoms with Crippen LogP contribution in [0.4, 0.5) is 5.69 Å². The smallest absolute Gasteiger partial charge is 0.259 e. The lowest BCUT2D eigenvalue weighted by Crippen LogP contribution is -2.22. The Morgan fingerprint density at radius 1 is 0.962 bits per heavy atom. The monoisotopic (exact) mass is 354 g/mol. The molecule has 0 aromatic heterocycles. The van der Waals surface area contributed by atoms with Crippen LogP contribution in [0.25, 0.3) is 0 Å². The summed E-state index contributed by atoms with van der Waals surface area (Å²) in [5, 5.41) is 5.58. The topological polar surface area (TPSA) is 67.4 Å². The van der Waals surface area contributed by atoms with Crippen molar-refractivity contribution in [1.29, 1.82) is 0 Å². The Hall–Kier alpha value is -2.82. The first-order valence-electron chi connectivity index (χ1n) is 9.07. The molecule has 0 aliphatic rings. The van der Waals surface area contributed by atoms with E-state index in [4.69, 9.17) is 4.74 Å². The molecule has 2 amide bonds. The lowest BCUT2D eigenvalue weighted by molar-refractivity contribution is 0.0954. The molecule has 0 aliphatic heterocycles. The lowest BCUT2D eigenvalue weighted by Gasteiger charge is -2.12. The van der Waals surface area contributed by atoms with Gasteiger partial charge in [0, 0.05) is 17.8 Å². The minimum absolute atomic E-state index is 0.164. The lowest BCUT2D eigenvalue weighted by atomic mass is 10.1. The summed E-state index contributed by atoms with van der Waals surface area (Å²) in [7, 11) is 0. The van der Waals surface area contributed by atoms with E-state index in [9.17, 15) is 9.59 Å². The number of amides is 2. The molecule has 0 atom stereocenters. The molecule has 2 rings (SSSR count). The normalized spacial score (nSPS) is 10.2. The molecule has 0 radical (unpaired) electrons. The Morgan fingerprint density at radius 2 is 1.77 bits per heavy atom. The second-order valence-electron chi connectivity index (χ2n) is 5.95. The molecule has 0 aliphatic carbocycles. The van der Waals surface area contributed by atoms with Crippen LogP contribution in [0.3, 0.4) is 0 Å². The standard InChI is InChI=1S/C21H26N2O3/c1-3-5-8-14-26-19-13-7-6-12-18(19)21(25)23-17-11-9-10-16(15-17)20(24)22-4-2/h6-7,9-13,15H,3-5,8,14H2,1-2H3,(H,22,24)(H,23,25). The molecule has 0 heterocycles. The van der Waals surface area contributed by atoms with Crippen molar-refractivity contribution >= 4 is 17.5 Å². The average molecular weight is 354 g/mol. The average Bonchev–Trinajstić information content (AvgIpc) is 2.66. The van der Waals surface area contributed by atoms with Crippen LogP contribution < -0.4 is 15.4 Å². The van der Waals surface area contributed by atoms with E-state index in [0.29, 0.717) is 35.7 Å². The Bertz CT molecular complexity index is 744. The summed E-state index contributed by atoms with van der Waals surface area (Å²) in [5.41, 5.74) is 1.56. The van der Waals surface area contributed by atoms with Gasteiger partial charge in [-0.15, -0.1) is 0 Å². The zero-order valence-electron chi connectivity index (χ0n) is 15.4. The number of anilines is 1.